The third-order valence-corrected chi connectivity index (χ3v) is 4.53. The predicted molar refractivity (Wildman–Crippen MR) is 115 cm³/mol. The largest absolute Gasteiger partial charge is 0.494 e. The maximum Gasteiger partial charge on any atom is 0.256 e. The molecule has 0 atom stereocenters. The molecule has 4 rings (SSSR count). The Labute approximate surface area is 173 Å². The fourth-order valence-corrected chi connectivity index (χ4v) is 3.09. The van der Waals surface area contributed by atoms with E-state index in [0.717, 1.165) is 5.69 Å². The zero-order valence-electron chi connectivity index (χ0n) is 16.4. The highest BCUT2D eigenvalue weighted by molar-refractivity contribution is 6.04. The number of carbonyl (C=O) groups excluding carboxylic acids is 1. The van der Waals surface area contributed by atoms with Crippen molar-refractivity contribution >= 4 is 11.7 Å². The van der Waals surface area contributed by atoms with Crippen LogP contribution in [0.25, 0.3) is 16.9 Å². The molecular weight excluding hydrogens is 381 g/mol. The van der Waals surface area contributed by atoms with Gasteiger partial charge < -0.3 is 10.1 Å². The lowest BCUT2D eigenvalue weighted by Crippen LogP contribution is -2.15. The molecule has 5 nitrogen and oxygen atoms in total. The predicted octanol–water partition coefficient (Wildman–Crippen LogP) is 5.33. The molecule has 0 aliphatic carbocycles. The van der Waals surface area contributed by atoms with Gasteiger partial charge in [0.2, 0.25) is 0 Å². The molecular formula is C24H20FN3O2. The number of benzene rings is 3. The Kier molecular flexibility index (Phi) is 5.57. The van der Waals surface area contributed by atoms with Crippen molar-refractivity contribution in [2.45, 2.75) is 6.92 Å². The van der Waals surface area contributed by atoms with Crippen LogP contribution in [0.3, 0.4) is 0 Å². The fourth-order valence-electron chi connectivity index (χ4n) is 3.09. The van der Waals surface area contributed by atoms with Crippen molar-refractivity contribution < 1.29 is 13.9 Å². The molecule has 1 heterocycles. The third kappa shape index (κ3) is 4.07. The molecule has 0 bridgehead atoms. The second-order valence-corrected chi connectivity index (χ2v) is 6.55. The quantitative estimate of drug-likeness (QED) is 0.475. The molecule has 0 saturated carbocycles. The van der Waals surface area contributed by atoms with Crippen molar-refractivity contribution in [2.75, 3.05) is 11.9 Å². The van der Waals surface area contributed by atoms with Gasteiger partial charge in [-0.2, -0.15) is 5.10 Å². The lowest BCUT2D eigenvalue weighted by Gasteiger charge is -2.09. The van der Waals surface area contributed by atoms with E-state index in [4.69, 9.17) is 4.74 Å². The van der Waals surface area contributed by atoms with Crippen molar-refractivity contribution in [3.05, 3.63) is 96.3 Å². The van der Waals surface area contributed by atoms with E-state index in [0.29, 0.717) is 35.0 Å². The molecule has 6 heteroatoms. The van der Waals surface area contributed by atoms with E-state index >= 15 is 0 Å². The first kappa shape index (κ1) is 19.4. The van der Waals surface area contributed by atoms with Crippen LogP contribution in [0.1, 0.15) is 17.3 Å². The minimum absolute atomic E-state index is 0.296. The highest BCUT2D eigenvalue weighted by Crippen LogP contribution is 2.27. The van der Waals surface area contributed by atoms with E-state index < -0.39 is 0 Å². The summed E-state index contributed by atoms with van der Waals surface area (Å²) in [7, 11) is 0. The molecule has 150 valence electrons. The van der Waals surface area contributed by atoms with Crippen LogP contribution in [0.2, 0.25) is 0 Å². The molecule has 1 aromatic heterocycles. The Morgan fingerprint density at radius 1 is 1.00 bits per heavy atom. The average Bonchev–Trinajstić information content (AvgIpc) is 3.19. The highest BCUT2D eigenvalue weighted by atomic mass is 19.1. The van der Waals surface area contributed by atoms with Gasteiger partial charge in [-0.05, 0) is 55.5 Å². The summed E-state index contributed by atoms with van der Waals surface area (Å²) in [5, 5.41) is 7.42. The highest BCUT2D eigenvalue weighted by Gasteiger charge is 2.16. The number of halogens is 1. The number of nitrogens with one attached hydrogen (secondary N) is 1. The summed E-state index contributed by atoms with van der Waals surface area (Å²) in [5.74, 6) is 0.471. The fraction of sp³-hybridized carbons (Fsp3) is 0.0833. The van der Waals surface area contributed by atoms with Gasteiger partial charge in [0.25, 0.3) is 5.91 Å². The van der Waals surface area contributed by atoms with Gasteiger partial charge in [-0.25, -0.2) is 9.07 Å². The number of hydrogen-bond acceptors (Lipinski definition) is 3. The number of nitrogens with zero attached hydrogens (tertiary/aromatic N) is 2. The number of rotatable bonds is 6. The molecule has 0 unspecified atom stereocenters. The van der Waals surface area contributed by atoms with Crippen molar-refractivity contribution in [1.82, 2.24) is 9.78 Å². The number of para-hydroxylation sites is 1. The molecule has 0 radical (unpaired) electrons. The molecule has 0 saturated heterocycles. The maximum atomic E-state index is 14.3. The standard InChI is InChI=1S/C24H20FN3O2/c1-2-30-19-14-12-17(13-15-19)24(29)26-23-16-22(20-10-6-7-11-21(20)25)27-28(23)18-8-4-3-5-9-18/h3-16H,2H2,1H3,(H,26,29). The molecule has 0 spiro atoms. The number of ether oxygens (including phenoxy) is 1. The molecule has 1 N–H and O–H groups in total. The lowest BCUT2D eigenvalue weighted by molar-refractivity contribution is 0.102. The van der Waals surface area contributed by atoms with Crippen LogP contribution in [0.15, 0.2) is 84.9 Å². The van der Waals surface area contributed by atoms with Crippen LogP contribution in [0, 0.1) is 5.82 Å². The molecule has 0 aliphatic heterocycles. The van der Waals surface area contributed by atoms with Crippen LogP contribution in [0.5, 0.6) is 5.75 Å². The molecule has 30 heavy (non-hydrogen) atoms. The van der Waals surface area contributed by atoms with Gasteiger partial charge in [-0.15, -0.1) is 0 Å². The zero-order valence-corrected chi connectivity index (χ0v) is 16.4. The van der Waals surface area contributed by atoms with E-state index in [1.54, 1.807) is 53.2 Å². The summed E-state index contributed by atoms with van der Waals surface area (Å²) in [6.45, 7) is 2.46. The van der Waals surface area contributed by atoms with Crippen LogP contribution < -0.4 is 10.1 Å². The average molecular weight is 401 g/mol. The number of carbonyl (C=O) groups is 1. The Morgan fingerprint density at radius 2 is 1.70 bits per heavy atom. The minimum Gasteiger partial charge on any atom is -0.494 e. The zero-order chi connectivity index (χ0) is 20.9. The smallest absolute Gasteiger partial charge is 0.256 e. The summed E-state index contributed by atoms with van der Waals surface area (Å²) in [5.41, 5.74) is 2.02. The summed E-state index contributed by atoms with van der Waals surface area (Å²) in [6, 6.07) is 24.3. The van der Waals surface area contributed by atoms with E-state index in [1.807, 2.05) is 37.3 Å². The van der Waals surface area contributed by atoms with Gasteiger partial charge >= 0.3 is 0 Å². The second-order valence-electron chi connectivity index (χ2n) is 6.55. The van der Waals surface area contributed by atoms with E-state index in [1.165, 1.54) is 6.07 Å². The summed E-state index contributed by atoms with van der Waals surface area (Å²) < 4.78 is 21.3. The van der Waals surface area contributed by atoms with Crippen molar-refractivity contribution in [3.8, 4) is 22.7 Å². The Hall–Kier alpha value is -3.93. The summed E-state index contributed by atoms with van der Waals surface area (Å²) in [6.07, 6.45) is 0. The van der Waals surface area contributed by atoms with Crippen LogP contribution >= 0.6 is 0 Å². The lowest BCUT2D eigenvalue weighted by atomic mass is 10.1. The Morgan fingerprint density at radius 3 is 2.40 bits per heavy atom. The van der Waals surface area contributed by atoms with Gasteiger partial charge in [0.15, 0.2) is 0 Å². The van der Waals surface area contributed by atoms with Crippen molar-refractivity contribution in [1.29, 1.82) is 0 Å². The van der Waals surface area contributed by atoms with E-state index in [-0.39, 0.29) is 11.7 Å². The second kappa shape index (κ2) is 8.61. The van der Waals surface area contributed by atoms with Gasteiger partial charge in [-0.1, -0.05) is 30.3 Å². The number of amides is 1. The summed E-state index contributed by atoms with van der Waals surface area (Å²) >= 11 is 0. The number of anilines is 1. The van der Waals surface area contributed by atoms with Crippen LogP contribution in [-0.2, 0) is 0 Å². The molecule has 4 aromatic rings. The van der Waals surface area contributed by atoms with Crippen molar-refractivity contribution in [3.63, 3.8) is 0 Å². The Bertz CT molecular complexity index is 1150. The maximum absolute atomic E-state index is 14.3. The monoisotopic (exact) mass is 401 g/mol. The topological polar surface area (TPSA) is 56.1 Å². The molecule has 3 aromatic carbocycles. The van der Waals surface area contributed by atoms with E-state index in [9.17, 15) is 9.18 Å². The van der Waals surface area contributed by atoms with Crippen molar-refractivity contribution in [2.24, 2.45) is 0 Å². The first-order chi connectivity index (χ1) is 14.7. The van der Waals surface area contributed by atoms with Gasteiger partial charge in [0, 0.05) is 17.2 Å². The van der Waals surface area contributed by atoms with E-state index in [2.05, 4.69) is 10.4 Å². The first-order valence-corrected chi connectivity index (χ1v) is 9.60. The number of hydrogen-bond donors (Lipinski definition) is 1. The third-order valence-electron chi connectivity index (χ3n) is 4.53. The minimum atomic E-state index is -0.375. The van der Waals surface area contributed by atoms with Crippen LogP contribution in [0.4, 0.5) is 10.2 Å². The van der Waals surface area contributed by atoms with Gasteiger partial charge in [0.05, 0.1) is 18.0 Å². The SMILES string of the molecule is CCOc1ccc(C(=O)Nc2cc(-c3ccccc3F)nn2-c2ccccc2)cc1. The van der Waals surface area contributed by atoms with Gasteiger partial charge in [-0.3, -0.25) is 4.79 Å². The van der Waals surface area contributed by atoms with Gasteiger partial charge in [0.1, 0.15) is 17.4 Å². The summed E-state index contributed by atoms with van der Waals surface area (Å²) in [4.78, 5) is 12.8. The Balaban J connectivity index is 1.69. The number of aromatic nitrogens is 2. The molecule has 1 amide bonds. The van der Waals surface area contributed by atoms with Crippen LogP contribution in [-0.4, -0.2) is 22.3 Å². The normalized spacial score (nSPS) is 10.6. The first-order valence-electron chi connectivity index (χ1n) is 9.60. The molecule has 0 aliphatic rings. The molecule has 0 fully saturated rings.